The van der Waals surface area contributed by atoms with Crippen molar-refractivity contribution in [1.29, 1.82) is 0 Å². The summed E-state index contributed by atoms with van der Waals surface area (Å²) in [5.74, 6) is 0. The van der Waals surface area contributed by atoms with Crippen LogP contribution in [-0.4, -0.2) is 27.0 Å². The number of rotatable bonds is 4. The Morgan fingerprint density at radius 1 is 1.25 bits per heavy atom. The Kier molecular flexibility index (Phi) is 3.66. The number of fused-ring (bicyclic) bond motifs is 1. The zero-order valence-electron chi connectivity index (χ0n) is 11.3. The molecule has 2 N–H and O–H groups in total. The summed E-state index contributed by atoms with van der Waals surface area (Å²) in [7, 11) is 1.95. The van der Waals surface area contributed by atoms with Crippen LogP contribution in [0, 0.1) is 6.92 Å². The fraction of sp³-hybridized carbons (Fsp3) is 0.214. The fourth-order valence-corrected chi connectivity index (χ4v) is 2.98. The van der Waals surface area contributed by atoms with E-state index in [1.807, 2.05) is 7.05 Å². The Morgan fingerprint density at radius 3 is 2.95 bits per heavy atom. The molecule has 0 aliphatic carbocycles. The molecule has 0 saturated heterocycles. The van der Waals surface area contributed by atoms with Gasteiger partial charge in [0.05, 0.1) is 6.33 Å². The normalized spacial score (nSPS) is 11.1. The minimum atomic E-state index is 0.701. The van der Waals surface area contributed by atoms with E-state index in [2.05, 4.69) is 50.4 Å². The van der Waals surface area contributed by atoms with Crippen molar-refractivity contribution in [2.75, 3.05) is 7.05 Å². The summed E-state index contributed by atoms with van der Waals surface area (Å²) in [6, 6.07) is 6.47. The van der Waals surface area contributed by atoms with Gasteiger partial charge in [-0.15, -0.1) is 0 Å². The highest BCUT2D eigenvalue weighted by molar-refractivity contribution is 7.99. The van der Waals surface area contributed by atoms with Crippen LogP contribution < -0.4 is 5.32 Å². The molecule has 3 rings (SSSR count). The SMILES string of the molecule is CNCc1ccc(Sc2ncnc3nc[nH]c23)c(C)c1. The third-order valence-electron chi connectivity index (χ3n) is 3.02. The van der Waals surface area contributed by atoms with Gasteiger partial charge >= 0.3 is 0 Å². The second kappa shape index (κ2) is 5.60. The average molecular weight is 285 g/mol. The molecule has 0 fully saturated rings. The van der Waals surface area contributed by atoms with E-state index in [-0.39, 0.29) is 0 Å². The lowest BCUT2D eigenvalue weighted by Gasteiger charge is -2.08. The molecule has 20 heavy (non-hydrogen) atoms. The van der Waals surface area contributed by atoms with Crippen molar-refractivity contribution in [2.24, 2.45) is 0 Å². The van der Waals surface area contributed by atoms with Crippen molar-refractivity contribution in [3.05, 3.63) is 42.0 Å². The number of hydrogen-bond donors (Lipinski definition) is 2. The summed E-state index contributed by atoms with van der Waals surface area (Å²) < 4.78 is 0. The predicted octanol–water partition coefficient (Wildman–Crippen LogP) is 2.53. The maximum absolute atomic E-state index is 4.34. The maximum Gasteiger partial charge on any atom is 0.181 e. The van der Waals surface area contributed by atoms with Gasteiger partial charge < -0.3 is 10.3 Å². The van der Waals surface area contributed by atoms with Crippen LogP contribution >= 0.6 is 11.8 Å². The van der Waals surface area contributed by atoms with Gasteiger partial charge in [-0.1, -0.05) is 23.9 Å². The average Bonchev–Trinajstić information content (AvgIpc) is 2.91. The molecule has 0 atom stereocenters. The molecule has 0 spiro atoms. The van der Waals surface area contributed by atoms with E-state index in [4.69, 9.17) is 0 Å². The second-order valence-electron chi connectivity index (χ2n) is 4.51. The number of aryl methyl sites for hydroxylation is 1. The zero-order valence-corrected chi connectivity index (χ0v) is 12.2. The third kappa shape index (κ3) is 2.52. The van der Waals surface area contributed by atoms with Crippen molar-refractivity contribution >= 4 is 22.9 Å². The Labute approximate surface area is 121 Å². The van der Waals surface area contributed by atoms with E-state index in [9.17, 15) is 0 Å². The molecule has 0 saturated carbocycles. The first-order valence-corrected chi connectivity index (χ1v) is 7.15. The van der Waals surface area contributed by atoms with Crippen LogP contribution in [0.1, 0.15) is 11.1 Å². The molecule has 2 aromatic heterocycles. The quantitative estimate of drug-likeness (QED) is 0.721. The third-order valence-corrected chi connectivity index (χ3v) is 4.20. The number of aromatic amines is 1. The Morgan fingerprint density at radius 2 is 2.15 bits per heavy atom. The van der Waals surface area contributed by atoms with Gasteiger partial charge in [-0.3, -0.25) is 0 Å². The summed E-state index contributed by atoms with van der Waals surface area (Å²) in [4.78, 5) is 16.9. The first kappa shape index (κ1) is 13.1. The first-order chi connectivity index (χ1) is 9.78. The predicted molar refractivity (Wildman–Crippen MR) is 79.7 cm³/mol. The topological polar surface area (TPSA) is 66.5 Å². The molecular weight excluding hydrogens is 270 g/mol. The highest BCUT2D eigenvalue weighted by atomic mass is 32.2. The smallest absolute Gasteiger partial charge is 0.181 e. The fourth-order valence-electron chi connectivity index (χ4n) is 2.06. The molecule has 0 bridgehead atoms. The van der Waals surface area contributed by atoms with Crippen molar-refractivity contribution in [2.45, 2.75) is 23.4 Å². The van der Waals surface area contributed by atoms with E-state index in [1.54, 1.807) is 24.4 Å². The number of H-pyrrole nitrogens is 1. The number of imidazole rings is 1. The molecule has 102 valence electrons. The standard InChI is InChI=1S/C14H15N5S/c1-9-5-10(6-15-2)3-4-11(9)20-14-12-13(17-7-16-12)18-8-19-14/h3-5,7-8,15H,6H2,1-2H3,(H,16,17,18,19). The van der Waals surface area contributed by atoms with E-state index in [0.717, 1.165) is 17.1 Å². The largest absolute Gasteiger partial charge is 0.341 e. The summed E-state index contributed by atoms with van der Waals surface area (Å²) >= 11 is 1.63. The molecule has 0 radical (unpaired) electrons. The van der Waals surface area contributed by atoms with Crippen molar-refractivity contribution in [3.63, 3.8) is 0 Å². The number of aromatic nitrogens is 4. The van der Waals surface area contributed by atoms with Crippen LogP contribution in [0.15, 0.2) is 40.8 Å². The number of nitrogens with one attached hydrogen (secondary N) is 2. The van der Waals surface area contributed by atoms with Crippen LogP contribution in [0.25, 0.3) is 11.2 Å². The molecular formula is C14H15N5S. The lowest BCUT2D eigenvalue weighted by Crippen LogP contribution is -2.05. The second-order valence-corrected chi connectivity index (χ2v) is 5.54. The minimum Gasteiger partial charge on any atom is -0.341 e. The molecule has 0 aliphatic rings. The van der Waals surface area contributed by atoms with Gasteiger partial charge in [0, 0.05) is 11.4 Å². The number of hydrogen-bond acceptors (Lipinski definition) is 5. The zero-order chi connectivity index (χ0) is 13.9. The molecule has 0 amide bonds. The van der Waals surface area contributed by atoms with Gasteiger partial charge in [-0.2, -0.15) is 0 Å². The van der Waals surface area contributed by atoms with Crippen LogP contribution in [0.5, 0.6) is 0 Å². The summed E-state index contributed by atoms with van der Waals surface area (Å²) in [5.41, 5.74) is 4.11. The monoisotopic (exact) mass is 285 g/mol. The van der Waals surface area contributed by atoms with E-state index in [0.29, 0.717) is 5.65 Å². The van der Waals surface area contributed by atoms with Crippen LogP contribution in [0.4, 0.5) is 0 Å². The molecule has 2 heterocycles. The van der Waals surface area contributed by atoms with Gasteiger partial charge in [-0.05, 0) is 31.2 Å². The van der Waals surface area contributed by atoms with E-state index >= 15 is 0 Å². The highest BCUT2D eigenvalue weighted by Gasteiger charge is 2.09. The van der Waals surface area contributed by atoms with Crippen LogP contribution in [-0.2, 0) is 6.54 Å². The highest BCUT2D eigenvalue weighted by Crippen LogP contribution is 2.32. The van der Waals surface area contributed by atoms with Crippen LogP contribution in [0.3, 0.4) is 0 Å². The van der Waals surface area contributed by atoms with E-state index in [1.165, 1.54) is 16.0 Å². The Bertz CT molecular complexity index is 737. The summed E-state index contributed by atoms with van der Waals surface area (Å²) in [6.45, 7) is 3.00. The van der Waals surface area contributed by atoms with Crippen LogP contribution in [0.2, 0.25) is 0 Å². The first-order valence-electron chi connectivity index (χ1n) is 6.34. The van der Waals surface area contributed by atoms with Crippen molar-refractivity contribution in [3.8, 4) is 0 Å². The van der Waals surface area contributed by atoms with Crippen molar-refractivity contribution in [1.82, 2.24) is 25.3 Å². The van der Waals surface area contributed by atoms with Gasteiger partial charge in [0.1, 0.15) is 16.9 Å². The Balaban J connectivity index is 1.93. The summed E-state index contributed by atoms with van der Waals surface area (Å²) in [6.07, 6.45) is 3.20. The molecule has 6 heteroatoms. The lowest BCUT2D eigenvalue weighted by atomic mass is 10.1. The molecule has 3 aromatic rings. The number of benzene rings is 1. The maximum atomic E-state index is 4.34. The Hall–Kier alpha value is -1.92. The number of nitrogens with zero attached hydrogens (tertiary/aromatic N) is 3. The lowest BCUT2D eigenvalue weighted by molar-refractivity contribution is 0.815. The molecule has 5 nitrogen and oxygen atoms in total. The molecule has 0 unspecified atom stereocenters. The van der Waals surface area contributed by atoms with Gasteiger partial charge in [0.2, 0.25) is 0 Å². The minimum absolute atomic E-state index is 0.701. The van der Waals surface area contributed by atoms with Gasteiger partial charge in [-0.25, -0.2) is 15.0 Å². The van der Waals surface area contributed by atoms with E-state index < -0.39 is 0 Å². The summed E-state index contributed by atoms with van der Waals surface area (Å²) in [5, 5.41) is 4.06. The van der Waals surface area contributed by atoms with Gasteiger partial charge in [0.15, 0.2) is 5.65 Å². The molecule has 0 aliphatic heterocycles. The van der Waals surface area contributed by atoms with Gasteiger partial charge in [0.25, 0.3) is 0 Å². The molecule has 1 aromatic carbocycles. The van der Waals surface area contributed by atoms with Crippen molar-refractivity contribution < 1.29 is 0 Å².